The molecule has 0 radical (unpaired) electrons. The second-order valence-electron chi connectivity index (χ2n) is 7.39. The van der Waals surface area contributed by atoms with Gasteiger partial charge in [0, 0.05) is 56.9 Å². The molecule has 28 heavy (non-hydrogen) atoms. The van der Waals surface area contributed by atoms with Crippen LogP contribution in [0.15, 0.2) is 10.4 Å². The number of rotatable bonds is 7. The van der Waals surface area contributed by atoms with E-state index in [4.69, 9.17) is 9.73 Å². The van der Waals surface area contributed by atoms with Crippen molar-refractivity contribution in [3.8, 4) is 0 Å². The van der Waals surface area contributed by atoms with E-state index in [0.29, 0.717) is 0 Å². The number of guanidine groups is 1. The SMILES string of the molecule is CCNC(=NCCCCc1nc(C)cs1)N1CCN(C(=O)C2CCCO2)CC1. The van der Waals surface area contributed by atoms with Crippen LogP contribution in [-0.4, -0.2) is 78.6 Å². The molecule has 0 aromatic carbocycles. The number of aromatic nitrogens is 1. The van der Waals surface area contributed by atoms with Crippen molar-refractivity contribution in [1.29, 1.82) is 0 Å². The Bertz CT molecular complexity index is 649. The lowest BCUT2D eigenvalue weighted by Crippen LogP contribution is -2.55. The van der Waals surface area contributed by atoms with Crippen molar-refractivity contribution in [2.45, 2.75) is 52.1 Å². The Balaban J connectivity index is 1.41. The number of carbonyl (C=O) groups is 1. The quantitative estimate of drug-likeness (QED) is 0.426. The molecule has 3 rings (SSSR count). The lowest BCUT2D eigenvalue weighted by atomic mass is 10.2. The number of thiazole rings is 1. The molecular formula is C20H33N5O2S. The molecule has 1 atom stereocenters. The fourth-order valence-electron chi connectivity index (χ4n) is 3.63. The number of piperazine rings is 1. The zero-order valence-electron chi connectivity index (χ0n) is 17.2. The maximum Gasteiger partial charge on any atom is 0.251 e. The second kappa shape index (κ2) is 10.8. The van der Waals surface area contributed by atoms with Crippen LogP contribution in [0, 0.1) is 6.92 Å². The first-order valence-corrected chi connectivity index (χ1v) is 11.4. The van der Waals surface area contributed by atoms with Crippen LogP contribution < -0.4 is 5.32 Å². The van der Waals surface area contributed by atoms with Crippen LogP contribution in [0.1, 0.15) is 43.3 Å². The number of carbonyl (C=O) groups excluding carboxylic acids is 1. The fourth-order valence-corrected chi connectivity index (χ4v) is 4.45. The molecule has 1 aromatic rings. The van der Waals surface area contributed by atoms with Gasteiger partial charge >= 0.3 is 0 Å². The molecule has 156 valence electrons. The smallest absolute Gasteiger partial charge is 0.251 e. The number of nitrogens with zero attached hydrogens (tertiary/aromatic N) is 4. The molecule has 1 amide bonds. The fraction of sp³-hybridized carbons (Fsp3) is 0.750. The van der Waals surface area contributed by atoms with Crippen molar-refractivity contribution in [3.63, 3.8) is 0 Å². The Morgan fingerprint density at radius 1 is 1.32 bits per heavy atom. The summed E-state index contributed by atoms with van der Waals surface area (Å²) in [5.41, 5.74) is 1.12. The molecule has 0 saturated carbocycles. The molecule has 1 N–H and O–H groups in total. The molecule has 0 bridgehead atoms. The molecule has 2 aliphatic heterocycles. The minimum atomic E-state index is -0.213. The van der Waals surface area contributed by atoms with E-state index < -0.39 is 0 Å². The van der Waals surface area contributed by atoms with Gasteiger partial charge in [0.15, 0.2) is 5.96 Å². The highest BCUT2D eigenvalue weighted by atomic mass is 32.1. The number of amides is 1. The average Bonchev–Trinajstić information content (AvgIpc) is 3.38. The van der Waals surface area contributed by atoms with E-state index in [1.165, 1.54) is 5.01 Å². The van der Waals surface area contributed by atoms with Gasteiger partial charge < -0.3 is 19.9 Å². The van der Waals surface area contributed by atoms with Crippen molar-refractivity contribution in [1.82, 2.24) is 20.1 Å². The molecule has 1 unspecified atom stereocenters. The largest absolute Gasteiger partial charge is 0.368 e. The molecule has 0 aliphatic carbocycles. The van der Waals surface area contributed by atoms with Crippen LogP contribution in [0.5, 0.6) is 0 Å². The first-order chi connectivity index (χ1) is 13.7. The molecular weight excluding hydrogens is 374 g/mol. The highest BCUT2D eigenvalue weighted by Crippen LogP contribution is 2.16. The molecule has 2 saturated heterocycles. The van der Waals surface area contributed by atoms with Gasteiger partial charge in [-0.1, -0.05) is 0 Å². The number of aliphatic imine (C=N–C) groups is 1. The van der Waals surface area contributed by atoms with Crippen LogP contribution in [0.3, 0.4) is 0 Å². The molecule has 3 heterocycles. The second-order valence-corrected chi connectivity index (χ2v) is 8.33. The number of aryl methyl sites for hydroxylation is 2. The third kappa shape index (κ3) is 5.91. The van der Waals surface area contributed by atoms with Gasteiger partial charge in [0.25, 0.3) is 5.91 Å². The summed E-state index contributed by atoms with van der Waals surface area (Å²) in [5.74, 6) is 1.13. The Morgan fingerprint density at radius 3 is 2.75 bits per heavy atom. The number of nitrogens with one attached hydrogen (secondary N) is 1. The van der Waals surface area contributed by atoms with Crippen molar-refractivity contribution in [3.05, 3.63) is 16.1 Å². The maximum atomic E-state index is 12.5. The zero-order valence-corrected chi connectivity index (χ0v) is 18.0. The molecule has 8 heteroatoms. The number of hydrogen-bond acceptors (Lipinski definition) is 5. The minimum absolute atomic E-state index is 0.163. The highest BCUT2D eigenvalue weighted by Gasteiger charge is 2.30. The summed E-state index contributed by atoms with van der Waals surface area (Å²) in [5, 5.41) is 6.73. The van der Waals surface area contributed by atoms with E-state index in [9.17, 15) is 4.79 Å². The van der Waals surface area contributed by atoms with Crippen LogP contribution in [0.25, 0.3) is 0 Å². The summed E-state index contributed by atoms with van der Waals surface area (Å²) < 4.78 is 5.55. The summed E-state index contributed by atoms with van der Waals surface area (Å²) in [6.07, 6.45) is 4.86. The lowest BCUT2D eigenvalue weighted by Gasteiger charge is -2.37. The first-order valence-electron chi connectivity index (χ1n) is 10.5. The van der Waals surface area contributed by atoms with E-state index in [1.807, 2.05) is 11.8 Å². The Morgan fingerprint density at radius 2 is 2.11 bits per heavy atom. The van der Waals surface area contributed by atoms with Gasteiger partial charge in [-0.2, -0.15) is 0 Å². The molecule has 2 aliphatic rings. The van der Waals surface area contributed by atoms with Crippen molar-refractivity contribution in [2.24, 2.45) is 4.99 Å². The summed E-state index contributed by atoms with van der Waals surface area (Å²) in [6.45, 7) is 9.66. The summed E-state index contributed by atoms with van der Waals surface area (Å²) in [6, 6.07) is 0. The molecule has 7 nitrogen and oxygen atoms in total. The third-order valence-corrected chi connectivity index (χ3v) is 6.18. The predicted octanol–water partition coefficient (Wildman–Crippen LogP) is 2.06. The first kappa shape index (κ1) is 21.0. The van der Waals surface area contributed by atoms with Gasteiger partial charge in [0.05, 0.1) is 5.01 Å². The van der Waals surface area contributed by atoms with Crippen molar-refractivity contribution < 1.29 is 9.53 Å². The third-order valence-electron chi connectivity index (χ3n) is 5.16. The predicted molar refractivity (Wildman–Crippen MR) is 113 cm³/mol. The van der Waals surface area contributed by atoms with E-state index >= 15 is 0 Å². The minimum Gasteiger partial charge on any atom is -0.368 e. The van der Waals surface area contributed by atoms with Gasteiger partial charge in [-0.3, -0.25) is 9.79 Å². The van der Waals surface area contributed by atoms with Gasteiger partial charge in [-0.15, -0.1) is 11.3 Å². The monoisotopic (exact) mass is 407 g/mol. The van der Waals surface area contributed by atoms with Gasteiger partial charge in [-0.05, 0) is 46.0 Å². The van der Waals surface area contributed by atoms with Crippen LogP contribution in [0.2, 0.25) is 0 Å². The topological polar surface area (TPSA) is 70.1 Å². The maximum absolute atomic E-state index is 12.5. The van der Waals surface area contributed by atoms with E-state index in [-0.39, 0.29) is 12.0 Å². The van der Waals surface area contributed by atoms with E-state index in [0.717, 1.165) is 89.6 Å². The van der Waals surface area contributed by atoms with Gasteiger partial charge in [-0.25, -0.2) is 4.98 Å². The van der Waals surface area contributed by atoms with Crippen molar-refractivity contribution in [2.75, 3.05) is 45.9 Å². The van der Waals surface area contributed by atoms with Crippen LogP contribution in [-0.2, 0) is 16.0 Å². The lowest BCUT2D eigenvalue weighted by molar-refractivity contribution is -0.142. The van der Waals surface area contributed by atoms with Crippen LogP contribution in [0.4, 0.5) is 0 Å². The molecule has 0 spiro atoms. The summed E-state index contributed by atoms with van der Waals surface area (Å²) in [4.78, 5) is 26.0. The normalized spacial score (nSPS) is 20.6. The molecule has 1 aromatic heterocycles. The Labute approximate surface area is 172 Å². The van der Waals surface area contributed by atoms with Crippen molar-refractivity contribution >= 4 is 23.2 Å². The zero-order chi connectivity index (χ0) is 19.8. The van der Waals surface area contributed by atoms with E-state index in [2.05, 4.69) is 27.5 Å². The number of hydrogen-bond donors (Lipinski definition) is 1. The summed E-state index contributed by atoms with van der Waals surface area (Å²) >= 11 is 1.75. The number of unbranched alkanes of at least 4 members (excludes halogenated alkanes) is 1. The highest BCUT2D eigenvalue weighted by molar-refractivity contribution is 7.09. The number of ether oxygens (including phenoxy) is 1. The Kier molecular flexibility index (Phi) is 8.09. The van der Waals surface area contributed by atoms with E-state index in [1.54, 1.807) is 11.3 Å². The average molecular weight is 408 g/mol. The summed E-state index contributed by atoms with van der Waals surface area (Å²) in [7, 11) is 0. The van der Waals surface area contributed by atoms with Gasteiger partial charge in [0.2, 0.25) is 0 Å². The van der Waals surface area contributed by atoms with Gasteiger partial charge in [0.1, 0.15) is 6.10 Å². The molecule has 2 fully saturated rings. The standard InChI is InChI=1S/C20H33N5O2S/c1-3-21-20(22-9-5-4-8-18-23-16(2)15-28-18)25-12-10-24(11-13-25)19(26)17-7-6-14-27-17/h15,17H,3-14H2,1-2H3,(H,21,22). The van der Waals surface area contributed by atoms with Crippen LogP contribution >= 0.6 is 11.3 Å². The Hall–Kier alpha value is -1.67.